The van der Waals surface area contributed by atoms with Gasteiger partial charge in [0.1, 0.15) is 5.58 Å². The number of para-hydroxylation sites is 1. The minimum Gasteiger partial charge on any atom is -0.423 e. The lowest BCUT2D eigenvalue weighted by Gasteiger charge is -2.18. The molecule has 0 radical (unpaired) electrons. The molecule has 5 aromatic rings. The molecule has 6 heteroatoms. The summed E-state index contributed by atoms with van der Waals surface area (Å²) >= 11 is 1.48. The highest BCUT2D eigenvalue weighted by Gasteiger charge is 2.17. The van der Waals surface area contributed by atoms with Gasteiger partial charge in [-0.1, -0.05) is 61.2 Å². The first kappa shape index (κ1) is 20.5. The van der Waals surface area contributed by atoms with Crippen LogP contribution in [0.5, 0.6) is 0 Å². The number of nitrogens with zero attached hydrogens (tertiary/aromatic N) is 2. The number of thioether (sulfide) groups is 1. The van der Waals surface area contributed by atoms with Crippen LogP contribution in [0.2, 0.25) is 0 Å². The normalized spacial score (nSPS) is 12.6. The van der Waals surface area contributed by atoms with Gasteiger partial charge in [0.05, 0.1) is 10.9 Å². The summed E-state index contributed by atoms with van der Waals surface area (Å²) in [5, 5.41) is 4.32. The first-order valence-electron chi connectivity index (χ1n) is 10.7. The molecule has 0 bridgehead atoms. The van der Waals surface area contributed by atoms with Crippen molar-refractivity contribution in [1.29, 1.82) is 0 Å². The van der Waals surface area contributed by atoms with E-state index >= 15 is 0 Å². The maximum absolute atomic E-state index is 13.2. The number of fused-ring (bicyclic) bond motifs is 4. The topological polar surface area (TPSA) is 65.1 Å². The predicted octanol–water partition coefficient (Wildman–Crippen LogP) is 5.92. The van der Waals surface area contributed by atoms with Gasteiger partial charge in [-0.15, -0.1) is 0 Å². The van der Waals surface area contributed by atoms with Crippen LogP contribution in [0.3, 0.4) is 0 Å². The molecule has 0 spiro atoms. The molecule has 0 saturated heterocycles. The largest absolute Gasteiger partial charge is 0.423 e. The fourth-order valence-electron chi connectivity index (χ4n) is 4.07. The van der Waals surface area contributed by atoms with E-state index in [1.807, 2.05) is 67.6 Å². The Hall–Kier alpha value is -3.38. The summed E-state index contributed by atoms with van der Waals surface area (Å²) in [7, 11) is 0. The third-order valence-electron chi connectivity index (χ3n) is 5.88. The number of hydrogen-bond acceptors (Lipinski definition) is 5. The molecule has 160 valence electrons. The zero-order chi connectivity index (χ0) is 22.2. The summed E-state index contributed by atoms with van der Waals surface area (Å²) in [6.45, 7) is 4.09. The van der Waals surface area contributed by atoms with E-state index in [-0.39, 0.29) is 17.2 Å². The average molecular weight is 443 g/mol. The maximum Gasteiger partial charge on any atom is 0.336 e. The predicted molar refractivity (Wildman–Crippen MR) is 131 cm³/mol. The van der Waals surface area contributed by atoms with E-state index in [2.05, 4.69) is 6.92 Å². The van der Waals surface area contributed by atoms with Crippen molar-refractivity contribution in [3.05, 3.63) is 93.1 Å². The first-order valence-corrected chi connectivity index (χ1v) is 11.6. The Labute approximate surface area is 188 Å². The van der Waals surface area contributed by atoms with Crippen molar-refractivity contribution < 1.29 is 4.42 Å². The van der Waals surface area contributed by atoms with Crippen molar-refractivity contribution in [2.45, 2.75) is 37.2 Å². The molecule has 0 saturated carbocycles. The highest BCUT2D eigenvalue weighted by Crippen LogP contribution is 2.32. The fraction of sp³-hybridized carbons (Fsp3) is 0.192. The van der Waals surface area contributed by atoms with Gasteiger partial charge < -0.3 is 4.42 Å². The summed E-state index contributed by atoms with van der Waals surface area (Å²) < 4.78 is 7.26. The van der Waals surface area contributed by atoms with E-state index < -0.39 is 0 Å². The second kappa shape index (κ2) is 8.28. The Morgan fingerprint density at radius 2 is 1.75 bits per heavy atom. The Bertz CT molecular complexity index is 1590. The van der Waals surface area contributed by atoms with Crippen LogP contribution in [0.15, 0.2) is 85.9 Å². The zero-order valence-electron chi connectivity index (χ0n) is 17.9. The first-order chi connectivity index (χ1) is 15.6. The van der Waals surface area contributed by atoms with Crippen molar-refractivity contribution in [3.63, 3.8) is 0 Å². The summed E-state index contributed by atoms with van der Waals surface area (Å²) in [6.07, 6.45) is 0.815. The number of rotatable bonds is 5. The van der Waals surface area contributed by atoms with Crippen molar-refractivity contribution >= 4 is 44.4 Å². The fourth-order valence-corrected chi connectivity index (χ4v) is 5.15. The lowest BCUT2D eigenvalue weighted by atomic mass is 10.0. The lowest BCUT2D eigenvalue weighted by Crippen LogP contribution is -2.26. The van der Waals surface area contributed by atoms with Crippen LogP contribution in [0.1, 0.15) is 31.9 Å². The Kier molecular flexibility index (Phi) is 5.31. The monoisotopic (exact) mass is 442 g/mol. The van der Waals surface area contributed by atoms with E-state index in [4.69, 9.17) is 9.40 Å². The van der Waals surface area contributed by atoms with Gasteiger partial charge in [0.2, 0.25) is 0 Å². The van der Waals surface area contributed by atoms with E-state index in [0.29, 0.717) is 27.4 Å². The van der Waals surface area contributed by atoms with Gasteiger partial charge in [-0.3, -0.25) is 9.36 Å². The third-order valence-corrected chi connectivity index (χ3v) is 6.88. The van der Waals surface area contributed by atoms with Crippen molar-refractivity contribution in [2.24, 2.45) is 0 Å². The second-order valence-corrected chi connectivity index (χ2v) is 8.83. The van der Waals surface area contributed by atoms with E-state index in [0.717, 1.165) is 28.1 Å². The molecule has 0 aliphatic carbocycles. The summed E-state index contributed by atoms with van der Waals surface area (Å²) in [5.41, 5.74) is 1.71. The molecule has 2 heterocycles. The molecule has 32 heavy (non-hydrogen) atoms. The molecule has 0 N–H and O–H groups in total. The standard InChI is InChI=1S/C26H22N2O3S/c1-3-16(2)28-25(30)20-10-6-7-11-21(20)27-26(28)32-15-18-14-23(29)31-22-13-12-17-8-4-5-9-19(17)24(18)22/h4-14,16H,3,15H2,1-2H3. The lowest BCUT2D eigenvalue weighted by molar-refractivity contribution is 0.468. The summed E-state index contributed by atoms with van der Waals surface area (Å²) in [6, 6.07) is 20.9. The number of aromatic nitrogens is 2. The van der Waals surface area contributed by atoms with Gasteiger partial charge in [0.25, 0.3) is 5.56 Å². The maximum atomic E-state index is 13.2. The molecule has 3 aromatic carbocycles. The SMILES string of the molecule is CCC(C)n1c(SCc2cc(=O)oc3ccc4ccccc4c23)nc2ccccc2c1=O. The summed E-state index contributed by atoms with van der Waals surface area (Å²) in [5.74, 6) is 0.497. The Balaban J connectivity index is 1.66. The van der Waals surface area contributed by atoms with Crippen molar-refractivity contribution in [1.82, 2.24) is 9.55 Å². The third kappa shape index (κ3) is 3.50. The average Bonchev–Trinajstić information content (AvgIpc) is 2.81. The van der Waals surface area contributed by atoms with Gasteiger partial charge in [0.15, 0.2) is 5.16 Å². The minimum atomic E-state index is -0.380. The van der Waals surface area contributed by atoms with Crippen LogP contribution in [0.4, 0.5) is 0 Å². The van der Waals surface area contributed by atoms with Gasteiger partial charge >= 0.3 is 5.63 Å². The molecular weight excluding hydrogens is 420 g/mol. The molecule has 1 atom stereocenters. The molecule has 0 amide bonds. The minimum absolute atomic E-state index is 0.0144. The molecule has 0 aliphatic rings. The molecule has 0 fully saturated rings. The number of hydrogen-bond donors (Lipinski definition) is 0. The Morgan fingerprint density at radius 1 is 1.00 bits per heavy atom. The van der Waals surface area contributed by atoms with Crippen LogP contribution in [0.25, 0.3) is 32.6 Å². The van der Waals surface area contributed by atoms with E-state index in [1.165, 1.54) is 11.8 Å². The van der Waals surface area contributed by atoms with Crippen molar-refractivity contribution in [3.8, 4) is 0 Å². The van der Waals surface area contributed by atoms with Crippen LogP contribution < -0.4 is 11.2 Å². The van der Waals surface area contributed by atoms with Gasteiger partial charge in [-0.05, 0) is 47.9 Å². The van der Waals surface area contributed by atoms with Crippen LogP contribution in [0, 0.1) is 0 Å². The van der Waals surface area contributed by atoms with Crippen molar-refractivity contribution in [2.75, 3.05) is 0 Å². The van der Waals surface area contributed by atoms with E-state index in [1.54, 1.807) is 10.6 Å². The molecule has 0 aliphatic heterocycles. The molecular formula is C26H22N2O3S. The molecule has 1 unspecified atom stereocenters. The van der Waals surface area contributed by atoms with Crippen LogP contribution >= 0.6 is 11.8 Å². The number of benzene rings is 3. The van der Waals surface area contributed by atoms with Gasteiger partial charge in [-0.2, -0.15) is 0 Å². The summed E-state index contributed by atoms with van der Waals surface area (Å²) in [4.78, 5) is 30.3. The van der Waals surface area contributed by atoms with Crippen LogP contribution in [-0.2, 0) is 5.75 Å². The molecule has 5 nitrogen and oxygen atoms in total. The highest BCUT2D eigenvalue weighted by atomic mass is 32.2. The smallest absolute Gasteiger partial charge is 0.336 e. The quantitative estimate of drug-likeness (QED) is 0.146. The Morgan fingerprint density at radius 3 is 2.56 bits per heavy atom. The van der Waals surface area contributed by atoms with Gasteiger partial charge in [0, 0.05) is 23.2 Å². The van der Waals surface area contributed by atoms with E-state index in [9.17, 15) is 9.59 Å². The van der Waals surface area contributed by atoms with Crippen LogP contribution in [-0.4, -0.2) is 9.55 Å². The molecule has 2 aromatic heterocycles. The second-order valence-electron chi connectivity index (χ2n) is 7.88. The molecule has 5 rings (SSSR count). The highest BCUT2D eigenvalue weighted by molar-refractivity contribution is 7.98. The zero-order valence-corrected chi connectivity index (χ0v) is 18.7. The van der Waals surface area contributed by atoms with Gasteiger partial charge in [-0.25, -0.2) is 9.78 Å².